The highest BCUT2D eigenvalue weighted by Crippen LogP contribution is 2.23. The maximum absolute atomic E-state index is 12.4. The van der Waals surface area contributed by atoms with Gasteiger partial charge < -0.3 is 19.5 Å². The van der Waals surface area contributed by atoms with E-state index < -0.39 is 23.5 Å². The summed E-state index contributed by atoms with van der Waals surface area (Å²) in [5.74, 6) is -1.25. The van der Waals surface area contributed by atoms with E-state index in [2.05, 4.69) is 14.8 Å². The van der Waals surface area contributed by atoms with Gasteiger partial charge in [0, 0.05) is 5.69 Å². The van der Waals surface area contributed by atoms with Gasteiger partial charge in [0.2, 0.25) is 0 Å². The van der Waals surface area contributed by atoms with E-state index in [0.717, 1.165) is 0 Å². The second-order valence-corrected chi connectivity index (χ2v) is 5.93. The van der Waals surface area contributed by atoms with Crippen LogP contribution in [-0.4, -0.2) is 56.0 Å². The van der Waals surface area contributed by atoms with Gasteiger partial charge in [0.15, 0.2) is 0 Å². The second-order valence-electron chi connectivity index (χ2n) is 5.93. The van der Waals surface area contributed by atoms with Crippen LogP contribution in [0.2, 0.25) is 0 Å². The van der Waals surface area contributed by atoms with Crippen molar-refractivity contribution in [1.29, 1.82) is 0 Å². The summed E-state index contributed by atoms with van der Waals surface area (Å²) in [5, 5.41) is 2.67. The molecular weight excluding hydrogens is 316 g/mol. The van der Waals surface area contributed by atoms with Crippen molar-refractivity contribution < 1.29 is 28.6 Å². The van der Waals surface area contributed by atoms with Crippen molar-refractivity contribution in [1.82, 2.24) is 4.90 Å². The van der Waals surface area contributed by atoms with Crippen LogP contribution in [-0.2, 0) is 14.2 Å². The van der Waals surface area contributed by atoms with Crippen molar-refractivity contribution in [2.45, 2.75) is 19.4 Å². The minimum Gasteiger partial charge on any atom is -0.465 e. The maximum atomic E-state index is 12.4. The monoisotopic (exact) mass is 336 g/mol. The fourth-order valence-corrected chi connectivity index (χ4v) is 2.33. The molecule has 2 amide bonds. The maximum Gasteiger partial charge on any atom is 0.337 e. The Hall–Kier alpha value is -2.61. The first-order valence-electron chi connectivity index (χ1n) is 7.26. The van der Waals surface area contributed by atoms with E-state index in [-0.39, 0.29) is 23.5 Å². The van der Waals surface area contributed by atoms with Crippen LogP contribution < -0.4 is 5.32 Å². The van der Waals surface area contributed by atoms with Crippen LogP contribution in [0.3, 0.4) is 0 Å². The molecule has 8 heteroatoms. The minimum absolute atomic E-state index is 0.132. The molecule has 2 rings (SSSR count). The molecule has 24 heavy (non-hydrogen) atoms. The van der Waals surface area contributed by atoms with E-state index in [1.165, 1.54) is 37.3 Å². The number of hydrogen-bond acceptors (Lipinski definition) is 6. The molecule has 0 aromatic heterocycles. The Balaban J connectivity index is 2.30. The summed E-state index contributed by atoms with van der Waals surface area (Å²) < 4.78 is 14.6. The van der Waals surface area contributed by atoms with Crippen LogP contribution in [0.5, 0.6) is 0 Å². The first-order valence-corrected chi connectivity index (χ1v) is 7.26. The first-order chi connectivity index (χ1) is 11.3. The fraction of sp³-hybridized carbons (Fsp3) is 0.438. The Kier molecular flexibility index (Phi) is 5.08. The lowest BCUT2D eigenvalue weighted by atomic mass is 10.1. The zero-order valence-electron chi connectivity index (χ0n) is 14.0. The van der Waals surface area contributed by atoms with Gasteiger partial charge in [-0.05, 0) is 32.0 Å². The third-order valence-electron chi connectivity index (χ3n) is 3.68. The van der Waals surface area contributed by atoms with Gasteiger partial charge in [-0.2, -0.15) is 0 Å². The number of benzene rings is 1. The van der Waals surface area contributed by atoms with Gasteiger partial charge >= 0.3 is 18.0 Å². The van der Waals surface area contributed by atoms with Crippen molar-refractivity contribution in [2.24, 2.45) is 0 Å². The Morgan fingerprint density at radius 3 is 2.04 bits per heavy atom. The van der Waals surface area contributed by atoms with E-state index in [1.807, 2.05) is 13.8 Å². The summed E-state index contributed by atoms with van der Waals surface area (Å²) in [6.45, 7) is 4.35. The number of methoxy groups -OCH3 is 2. The number of carbonyl (C=O) groups is 3. The molecule has 1 fully saturated rings. The Labute approximate surface area is 139 Å². The van der Waals surface area contributed by atoms with Gasteiger partial charge in [-0.15, -0.1) is 0 Å². The Morgan fingerprint density at radius 1 is 1.08 bits per heavy atom. The summed E-state index contributed by atoms with van der Waals surface area (Å²) in [6.07, 6.45) is 0. The van der Waals surface area contributed by atoms with E-state index in [0.29, 0.717) is 6.61 Å². The molecule has 0 atom stereocenters. The lowest BCUT2D eigenvalue weighted by Gasteiger charge is -2.29. The molecule has 1 aliphatic rings. The average molecular weight is 336 g/mol. The normalized spacial score (nSPS) is 15.8. The topological polar surface area (TPSA) is 94.2 Å². The quantitative estimate of drug-likeness (QED) is 0.847. The summed E-state index contributed by atoms with van der Waals surface area (Å²) in [6, 6.07) is 3.81. The van der Waals surface area contributed by atoms with Crippen LogP contribution >= 0.6 is 0 Å². The zero-order chi connectivity index (χ0) is 17.9. The number of ether oxygens (including phenoxy) is 3. The Morgan fingerprint density at radius 2 is 1.62 bits per heavy atom. The van der Waals surface area contributed by atoms with Crippen LogP contribution in [0.15, 0.2) is 18.2 Å². The molecule has 1 heterocycles. The molecule has 0 bridgehead atoms. The number of nitrogens with one attached hydrogen (secondary N) is 1. The SMILES string of the molecule is COC(=O)c1cc(NC(=O)N2COCC2(C)C)cc(C(=O)OC)c1. The number of urea groups is 1. The van der Waals surface area contributed by atoms with Crippen molar-refractivity contribution >= 4 is 23.7 Å². The number of esters is 2. The highest BCUT2D eigenvalue weighted by molar-refractivity contribution is 5.99. The summed E-state index contributed by atoms with van der Waals surface area (Å²) in [5.41, 5.74) is 0.0983. The highest BCUT2D eigenvalue weighted by atomic mass is 16.5. The van der Waals surface area contributed by atoms with Crippen molar-refractivity contribution in [3.63, 3.8) is 0 Å². The molecule has 0 aliphatic carbocycles. The third-order valence-corrected chi connectivity index (χ3v) is 3.68. The minimum atomic E-state index is -0.624. The molecule has 1 aromatic rings. The fourth-order valence-electron chi connectivity index (χ4n) is 2.33. The van der Waals surface area contributed by atoms with Gasteiger partial charge in [-0.25, -0.2) is 14.4 Å². The molecule has 0 spiro atoms. The van der Waals surface area contributed by atoms with Crippen molar-refractivity contribution in [3.05, 3.63) is 29.3 Å². The second kappa shape index (κ2) is 6.88. The number of carbonyl (C=O) groups excluding carboxylic acids is 3. The zero-order valence-corrected chi connectivity index (χ0v) is 14.0. The Bertz CT molecular complexity index is 636. The molecular formula is C16H20N2O6. The lowest BCUT2D eigenvalue weighted by molar-refractivity contribution is 0.0599. The summed E-state index contributed by atoms with van der Waals surface area (Å²) in [4.78, 5) is 37.5. The molecule has 1 aromatic carbocycles. The molecule has 1 saturated heterocycles. The smallest absolute Gasteiger partial charge is 0.337 e. The number of amides is 2. The summed E-state index contributed by atoms with van der Waals surface area (Å²) in [7, 11) is 2.46. The van der Waals surface area contributed by atoms with E-state index in [1.54, 1.807) is 0 Å². The van der Waals surface area contributed by atoms with Gasteiger partial charge in [0.25, 0.3) is 0 Å². The molecule has 8 nitrogen and oxygen atoms in total. The third kappa shape index (κ3) is 3.65. The lowest BCUT2D eigenvalue weighted by Crippen LogP contribution is -2.46. The van der Waals surface area contributed by atoms with Crippen LogP contribution in [0.4, 0.5) is 10.5 Å². The van der Waals surface area contributed by atoms with E-state index in [9.17, 15) is 14.4 Å². The van der Waals surface area contributed by atoms with E-state index >= 15 is 0 Å². The van der Waals surface area contributed by atoms with Gasteiger partial charge in [-0.3, -0.25) is 4.90 Å². The van der Waals surface area contributed by atoms with Gasteiger partial charge in [-0.1, -0.05) is 0 Å². The number of nitrogens with zero attached hydrogens (tertiary/aromatic N) is 1. The number of hydrogen-bond donors (Lipinski definition) is 1. The average Bonchev–Trinajstić information content (AvgIpc) is 2.92. The standard InChI is InChI=1S/C16H20N2O6/c1-16(2)8-24-9-18(16)15(21)17-12-6-10(13(19)22-3)5-11(7-12)14(20)23-4/h5-7H,8-9H2,1-4H3,(H,17,21). The molecule has 130 valence electrons. The van der Waals surface area contributed by atoms with Gasteiger partial charge in [0.05, 0.1) is 37.5 Å². The van der Waals surface area contributed by atoms with Crippen molar-refractivity contribution in [2.75, 3.05) is 32.9 Å². The van der Waals surface area contributed by atoms with Crippen LogP contribution in [0.1, 0.15) is 34.6 Å². The largest absolute Gasteiger partial charge is 0.465 e. The molecule has 0 radical (unpaired) electrons. The molecule has 1 aliphatic heterocycles. The number of anilines is 1. The molecule has 0 saturated carbocycles. The van der Waals surface area contributed by atoms with Crippen LogP contribution in [0.25, 0.3) is 0 Å². The molecule has 0 unspecified atom stereocenters. The summed E-state index contributed by atoms with van der Waals surface area (Å²) >= 11 is 0. The highest BCUT2D eigenvalue weighted by Gasteiger charge is 2.36. The van der Waals surface area contributed by atoms with Crippen LogP contribution in [0, 0.1) is 0 Å². The van der Waals surface area contributed by atoms with Crippen molar-refractivity contribution in [3.8, 4) is 0 Å². The number of rotatable bonds is 3. The van der Waals surface area contributed by atoms with Gasteiger partial charge in [0.1, 0.15) is 6.73 Å². The van der Waals surface area contributed by atoms with E-state index in [4.69, 9.17) is 4.74 Å². The predicted molar refractivity (Wildman–Crippen MR) is 84.9 cm³/mol. The predicted octanol–water partition coefficient (Wildman–Crippen LogP) is 1.86. The molecule has 1 N–H and O–H groups in total. The first kappa shape index (κ1) is 17.7.